The number of amides is 2. The van der Waals surface area contributed by atoms with E-state index >= 15 is 0 Å². The molecule has 27 heavy (non-hydrogen) atoms. The van der Waals surface area contributed by atoms with E-state index in [1.807, 2.05) is 0 Å². The molecule has 2 aromatic rings. The second-order valence-electron chi connectivity index (χ2n) is 5.21. The summed E-state index contributed by atoms with van der Waals surface area (Å²) in [4.78, 5) is 25.6. The fraction of sp³-hybridized carbons (Fsp3) is 0.125. The molecule has 1 aliphatic rings. The summed E-state index contributed by atoms with van der Waals surface area (Å²) < 4.78 is 63.9. The number of carbonyl (C=O) groups excluding carboxylic acids is 2. The van der Waals surface area contributed by atoms with Crippen molar-refractivity contribution < 1.29 is 35.5 Å². The van der Waals surface area contributed by atoms with E-state index in [0.717, 1.165) is 0 Å². The molecule has 2 amide bonds. The zero-order valence-electron chi connectivity index (χ0n) is 13.1. The Kier molecular flexibility index (Phi) is 4.67. The number of nitrogens with zero attached hydrogens (tertiary/aromatic N) is 1. The second-order valence-corrected chi connectivity index (χ2v) is 7.75. The highest BCUT2D eigenvalue weighted by molar-refractivity contribution is 7.99. The normalized spacial score (nSPS) is 14.5. The predicted molar refractivity (Wildman–Crippen MR) is 90.1 cm³/mol. The van der Waals surface area contributed by atoms with Crippen molar-refractivity contribution in [2.75, 3.05) is 5.75 Å². The molecule has 0 aliphatic carbocycles. The van der Waals surface area contributed by atoms with Crippen molar-refractivity contribution in [3.05, 3.63) is 41.5 Å². The maximum absolute atomic E-state index is 12.6. The van der Waals surface area contributed by atoms with Crippen LogP contribution in [0, 0.1) is 12.3 Å². The van der Waals surface area contributed by atoms with Crippen LogP contribution >= 0.6 is 11.8 Å². The van der Waals surface area contributed by atoms with Crippen molar-refractivity contribution in [1.82, 2.24) is 5.06 Å². The van der Waals surface area contributed by atoms with Gasteiger partial charge in [-0.05, 0) is 23.6 Å². The first-order chi connectivity index (χ1) is 12.6. The van der Waals surface area contributed by atoms with Crippen LogP contribution in [0.1, 0.15) is 20.7 Å². The average Bonchev–Trinajstić information content (AvgIpc) is 2.60. The molecule has 0 saturated carbocycles. The van der Waals surface area contributed by atoms with Crippen LogP contribution < -0.4 is 0 Å². The van der Waals surface area contributed by atoms with Gasteiger partial charge in [-0.25, -0.2) is 0 Å². The SMILES string of the molecule is C#CCSc1ccc2c3c(cccc13)C(=O)N(OS(=O)(=O)C(F)(F)F)C2=O. The Morgan fingerprint density at radius 1 is 1.11 bits per heavy atom. The quantitative estimate of drug-likeness (QED) is 0.331. The molecular weight excluding hydrogens is 407 g/mol. The molecule has 1 aliphatic heterocycles. The Morgan fingerprint density at radius 3 is 2.33 bits per heavy atom. The zero-order chi connectivity index (χ0) is 20.0. The van der Waals surface area contributed by atoms with Gasteiger partial charge >= 0.3 is 15.6 Å². The molecule has 6 nitrogen and oxygen atoms in total. The lowest BCUT2D eigenvalue weighted by Gasteiger charge is -2.26. The van der Waals surface area contributed by atoms with Crippen LogP contribution in [0.2, 0.25) is 0 Å². The number of hydrogen-bond donors (Lipinski definition) is 0. The molecule has 0 spiro atoms. The molecule has 0 fully saturated rings. The molecule has 0 radical (unpaired) electrons. The lowest BCUT2D eigenvalue weighted by atomic mass is 9.95. The minimum atomic E-state index is -6.20. The van der Waals surface area contributed by atoms with E-state index in [4.69, 9.17) is 6.42 Å². The molecule has 0 atom stereocenters. The molecular formula is C16H8F3NO5S2. The Balaban J connectivity index is 2.14. The van der Waals surface area contributed by atoms with Crippen molar-refractivity contribution in [1.29, 1.82) is 0 Å². The van der Waals surface area contributed by atoms with Crippen LogP contribution in [0.25, 0.3) is 10.8 Å². The van der Waals surface area contributed by atoms with E-state index in [9.17, 15) is 31.2 Å². The van der Waals surface area contributed by atoms with E-state index in [-0.39, 0.29) is 16.5 Å². The lowest BCUT2D eigenvalue weighted by molar-refractivity contribution is -0.0761. The number of rotatable bonds is 4. The monoisotopic (exact) mass is 415 g/mol. The van der Waals surface area contributed by atoms with Gasteiger partial charge in [0.2, 0.25) is 0 Å². The third-order valence-corrected chi connectivity index (χ3v) is 5.49. The number of hydrogen-bond acceptors (Lipinski definition) is 6. The molecule has 1 heterocycles. The third kappa shape index (κ3) is 3.16. The van der Waals surface area contributed by atoms with Gasteiger partial charge < -0.3 is 0 Å². The van der Waals surface area contributed by atoms with Gasteiger partial charge in [0.05, 0.1) is 16.9 Å². The molecule has 2 aromatic carbocycles. The van der Waals surface area contributed by atoms with E-state index in [1.165, 1.54) is 36.0 Å². The molecule has 0 saturated heterocycles. The fourth-order valence-electron chi connectivity index (χ4n) is 2.50. The standard InChI is InChI=1S/C16H8F3NO5S2/c1-2-8-26-12-7-6-11-13-9(12)4-3-5-10(13)14(21)20(15(11)22)25-27(23,24)16(17,18)19/h1,3-7H,8H2. The van der Waals surface area contributed by atoms with Gasteiger partial charge in [-0.2, -0.15) is 21.6 Å². The van der Waals surface area contributed by atoms with Gasteiger partial charge in [-0.3, -0.25) is 9.59 Å². The Hall–Kier alpha value is -2.55. The zero-order valence-corrected chi connectivity index (χ0v) is 14.7. The number of alkyl halides is 3. The third-order valence-electron chi connectivity index (χ3n) is 3.60. The van der Waals surface area contributed by atoms with Crippen LogP contribution in [0.15, 0.2) is 35.2 Å². The highest BCUT2D eigenvalue weighted by Crippen LogP contribution is 2.37. The summed E-state index contributed by atoms with van der Waals surface area (Å²) in [5.41, 5.74) is -6.12. The minimum absolute atomic E-state index is 0.164. The number of imide groups is 1. The van der Waals surface area contributed by atoms with Crippen molar-refractivity contribution in [2.24, 2.45) is 0 Å². The van der Waals surface area contributed by atoms with Gasteiger partial charge in [0, 0.05) is 10.3 Å². The highest BCUT2D eigenvalue weighted by Gasteiger charge is 2.51. The summed E-state index contributed by atoms with van der Waals surface area (Å²) in [6.45, 7) is 0. The van der Waals surface area contributed by atoms with Crippen molar-refractivity contribution >= 4 is 44.5 Å². The molecule has 0 unspecified atom stereocenters. The maximum atomic E-state index is 12.6. The predicted octanol–water partition coefficient (Wildman–Crippen LogP) is 2.94. The van der Waals surface area contributed by atoms with E-state index < -0.39 is 32.5 Å². The Morgan fingerprint density at radius 2 is 1.74 bits per heavy atom. The van der Waals surface area contributed by atoms with Gasteiger partial charge in [0.15, 0.2) is 0 Å². The summed E-state index contributed by atoms with van der Waals surface area (Å²) >= 11 is 1.27. The minimum Gasteiger partial charge on any atom is -0.266 e. The van der Waals surface area contributed by atoms with Crippen LogP contribution in [-0.4, -0.2) is 36.6 Å². The summed E-state index contributed by atoms with van der Waals surface area (Å²) in [7, 11) is -6.20. The highest BCUT2D eigenvalue weighted by atomic mass is 32.2. The van der Waals surface area contributed by atoms with E-state index in [2.05, 4.69) is 10.2 Å². The number of thioether (sulfide) groups is 1. The summed E-state index contributed by atoms with van der Waals surface area (Å²) in [6, 6.07) is 7.10. The lowest BCUT2D eigenvalue weighted by Crippen LogP contribution is -2.44. The number of carbonyl (C=O) groups is 2. The van der Waals surface area contributed by atoms with Gasteiger partial charge in [-0.1, -0.05) is 18.1 Å². The fourth-order valence-corrected chi connectivity index (χ4v) is 3.65. The number of halogens is 3. The molecule has 0 N–H and O–H groups in total. The number of terminal acetylenes is 1. The van der Waals surface area contributed by atoms with Crippen LogP contribution in [0.3, 0.4) is 0 Å². The summed E-state index contributed by atoms with van der Waals surface area (Å²) in [6.07, 6.45) is 5.22. The first-order valence-corrected chi connectivity index (χ1v) is 9.49. The topological polar surface area (TPSA) is 80.8 Å². The van der Waals surface area contributed by atoms with Crippen LogP contribution in [0.5, 0.6) is 0 Å². The molecule has 140 valence electrons. The van der Waals surface area contributed by atoms with Gasteiger partial charge in [-0.15, -0.1) is 27.5 Å². The Bertz CT molecular complexity index is 1100. The molecule has 11 heteroatoms. The van der Waals surface area contributed by atoms with E-state index in [0.29, 0.717) is 16.0 Å². The second kappa shape index (κ2) is 6.56. The van der Waals surface area contributed by atoms with Gasteiger partial charge in [0.25, 0.3) is 11.8 Å². The molecule has 3 rings (SSSR count). The van der Waals surface area contributed by atoms with Crippen molar-refractivity contribution in [3.63, 3.8) is 0 Å². The average molecular weight is 415 g/mol. The number of benzene rings is 2. The van der Waals surface area contributed by atoms with Crippen LogP contribution in [-0.2, 0) is 14.4 Å². The van der Waals surface area contributed by atoms with Crippen LogP contribution in [0.4, 0.5) is 13.2 Å². The van der Waals surface area contributed by atoms with Crippen molar-refractivity contribution in [3.8, 4) is 12.3 Å². The maximum Gasteiger partial charge on any atom is 0.525 e. The molecule has 0 bridgehead atoms. The number of hydroxylamine groups is 2. The smallest absolute Gasteiger partial charge is 0.266 e. The van der Waals surface area contributed by atoms with E-state index in [1.54, 1.807) is 6.07 Å². The van der Waals surface area contributed by atoms with Crippen molar-refractivity contribution in [2.45, 2.75) is 10.4 Å². The largest absolute Gasteiger partial charge is 0.525 e. The van der Waals surface area contributed by atoms with Gasteiger partial charge in [0.1, 0.15) is 0 Å². The molecule has 0 aromatic heterocycles. The first-order valence-electron chi connectivity index (χ1n) is 7.10. The Labute approximate surface area is 155 Å². The summed E-state index contributed by atoms with van der Waals surface area (Å²) in [5, 5.41) is 0.290. The summed E-state index contributed by atoms with van der Waals surface area (Å²) in [5.74, 6) is 0.120. The first kappa shape index (κ1) is 19.2.